The quantitative estimate of drug-likeness (QED) is 0.0958. The van der Waals surface area contributed by atoms with Crippen LogP contribution in [0.15, 0.2) is 470 Å². The first-order valence-corrected chi connectivity index (χ1v) is 42.3. The van der Waals surface area contributed by atoms with Crippen LogP contribution in [0, 0.1) is 0 Å². The molecule has 1 aliphatic rings. The number of hydrogen-bond donors (Lipinski definition) is 0. The zero-order chi connectivity index (χ0) is 81.1. The van der Waals surface area contributed by atoms with E-state index in [1.54, 1.807) is 0 Å². The molecule has 21 aromatic carbocycles. The fourth-order valence-electron chi connectivity index (χ4n) is 20.3. The molecule has 0 radical (unpaired) electrons. The molecule has 0 aliphatic heterocycles. The maximum absolute atomic E-state index is 7.27. The molecular formula is C119H76N2O2. The second kappa shape index (κ2) is 29.1. The van der Waals surface area contributed by atoms with E-state index in [4.69, 9.17) is 8.83 Å². The van der Waals surface area contributed by atoms with Crippen molar-refractivity contribution in [3.63, 3.8) is 0 Å². The number of benzene rings is 21. The molecule has 0 atom stereocenters. The summed E-state index contributed by atoms with van der Waals surface area (Å²) in [5, 5.41) is 13.7. The SMILES string of the molecule is c1ccc(-c2cc(-c3cccc(-c4ccc5c(c4)oc4c(-c6ccc(N(c7ccc(C8(c9ccccc9)c9ccccc9-c9ccccc98)cc7)c7c(-c8ccccc8)c8ccccc8c8ccccc78)cc6)cccc45)c3)cc(N(c3ccccc3-c3cccc4c3oc3ccccc34)c3c(-c4ccccc4)c4ccccc4c4ccccc34)c2)cc1. The lowest BCUT2D eigenvalue weighted by Gasteiger charge is -2.35. The maximum Gasteiger partial charge on any atom is 0.143 e. The molecule has 2 heterocycles. The molecule has 0 saturated carbocycles. The predicted octanol–water partition coefficient (Wildman–Crippen LogP) is 33.1. The standard InChI is InChI=1S/C119H76N2O2/c1-5-32-77(33-6-1)84-73-85(75-90(74-84)121(110-60-27-23-48-98(110)105-55-31-57-106-99-49-24-28-61-111(99)122-118(105)106)116-104-53-20-16-45-95(104)93-43-14-18-51-102(93)114(116)80-36-9-3-10-37-80)82-39-29-38-81(72-82)83-64-71-100-107-56-30-54-91(117(107)123-112(100)76-83)78-62-67-88(68-63-78)120(115-103-52-19-15-44-94(103)92-42-13-17-50-101(92)113(115)79-34-7-2-8-35-79)89-69-65-87(66-70-89)119(86-40-11-4-12-41-86)108-58-25-21-46-96(108)97-47-22-26-59-109(97)119/h1-76H. The van der Waals surface area contributed by atoms with Gasteiger partial charge in [0, 0.05) is 77.2 Å². The Morgan fingerprint density at radius 2 is 0.545 bits per heavy atom. The highest BCUT2D eigenvalue weighted by Gasteiger charge is 2.46. The summed E-state index contributed by atoms with van der Waals surface area (Å²) in [6.45, 7) is 0. The Hall–Kier alpha value is -16.1. The third-order valence-electron chi connectivity index (χ3n) is 25.7. The van der Waals surface area contributed by atoms with Crippen LogP contribution in [0.1, 0.15) is 22.3 Å². The highest BCUT2D eigenvalue weighted by Crippen LogP contribution is 2.59. The Balaban J connectivity index is 0.642. The first-order valence-electron chi connectivity index (χ1n) is 42.3. The van der Waals surface area contributed by atoms with Gasteiger partial charge in [0.15, 0.2) is 0 Å². The van der Waals surface area contributed by atoms with Crippen LogP contribution in [0.25, 0.3) is 176 Å². The molecule has 0 saturated heterocycles. The molecule has 0 bridgehead atoms. The van der Waals surface area contributed by atoms with Crippen molar-refractivity contribution in [2.24, 2.45) is 0 Å². The fourth-order valence-corrected chi connectivity index (χ4v) is 20.3. The van der Waals surface area contributed by atoms with Crippen molar-refractivity contribution in [3.05, 3.63) is 483 Å². The Morgan fingerprint density at radius 3 is 1.14 bits per heavy atom. The summed E-state index contributed by atoms with van der Waals surface area (Å²) in [6, 6.07) is 170. The Morgan fingerprint density at radius 1 is 0.179 bits per heavy atom. The lowest BCUT2D eigenvalue weighted by Crippen LogP contribution is -2.28. The van der Waals surface area contributed by atoms with Gasteiger partial charge in [-0.25, -0.2) is 0 Å². The van der Waals surface area contributed by atoms with E-state index in [0.717, 1.165) is 161 Å². The van der Waals surface area contributed by atoms with Gasteiger partial charge in [-0.05, 0) is 189 Å². The minimum atomic E-state index is -0.559. The molecule has 0 unspecified atom stereocenters. The van der Waals surface area contributed by atoms with Crippen LogP contribution in [0.5, 0.6) is 0 Å². The maximum atomic E-state index is 7.27. The molecule has 123 heavy (non-hydrogen) atoms. The third-order valence-corrected chi connectivity index (χ3v) is 25.7. The Labute approximate surface area is 712 Å². The molecule has 1 aliphatic carbocycles. The van der Waals surface area contributed by atoms with Crippen molar-refractivity contribution in [1.82, 2.24) is 0 Å². The summed E-state index contributed by atoms with van der Waals surface area (Å²) < 4.78 is 14.2. The monoisotopic (exact) mass is 1560 g/mol. The third kappa shape index (κ3) is 11.5. The minimum Gasteiger partial charge on any atom is -0.455 e. The molecule has 23 aromatic rings. The van der Waals surface area contributed by atoms with Crippen LogP contribution in [0.2, 0.25) is 0 Å². The van der Waals surface area contributed by atoms with Gasteiger partial charge in [-0.2, -0.15) is 0 Å². The summed E-state index contributed by atoms with van der Waals surface area (Å²) in [5.41, 5.74) is 31.8. The molecule has 0 amide bonds. The van der Waals surface area contributed by atoms with Gasteiger partial charge in [-0.3, -0.25) is 0 Å². The van der Waals surface area contributed by atoms with Gasteiger partial charge in [-0.15, -0.1) is 0 Å². The van der Waals surface area contributed by atoms with E-state index in [-0.39, 0.29) is 0 Å². The van der Waals surface area contributed by atoms with E-state index in [9.17, 15) is 0 Å². The zero-order valence-corrected chi connectivity index (χ0v) is 67.1. The molecule has 0 N–H and O–H groups in total. The van der Waals surface area contributed by atoms with E-state index in [1.807, 2.05) is 0 Å². The van der Waals surface area contributed by atoms with Gasteiger partial charge in [-0.1, -0.05) is 388 Å². The van der Waals surface area contributed by atoms with Crippen molar-refractivity contribution in [1.29, 1.82) is 0 Å². The van der Waals surface area contributed by atoms with Gasteiger partial charge in [0.05, 0.1) is 22.5 Å². The number of fused-ring (bicyclic) bond motifs is 15. The highest BCUT2D eigenvalue weighted by molar-refractivity contribution is 6.25. The Kier molecular flexibility index (Phi) is 16.8. The average molecular weight is 1570 g/mol. The molecule has 0 fully saturated rings. The van der Waals surface area contributed by atoms with Crippen molar-refractivity contribution >= 4 is 121 Å². The van der Waals surface area contributed by atoms with E-state index in [1.165, 1.54) is 71.3 Å². The second-order valence-corrected chi connectivity index (χ2v) is 32.3. The summed E-state index contributed by atoms with van der Waals surface area (Å²) >= 11 is 0. The van der Waals surface area contributed by atoms with E-state index in [0.29, 0.717) is 0 Å². The largest absolute Gasteiger partial charge is 0.455 e. The lowest BCUT2D eigenvalue weighted by atomic mass is 9.67. The Bertz CT molecular complexity index is 8060. The molecule has 2 aromatic heterocycles. The molecule has 574 valence electrons. The summed E-state index contributed by atoms with van der Waals surface area (Å²) in [4.78, 5) is 5.05. The predicted molar refractivity (Wildman–Crippen MR) is 516 cm³/mol. The summed E-state index contributed by atoms with van der Waals surface area (Å²) in [5.74, 6) is 0. The second-order valence-electron chi connectivity index (χ2n) is 32.3. The van der Waals surface area contributed by atoms with Crippen LogP contribution in [-0.2, 0) is 5.41 Å². The van der Waals surface area contributed by atoms with Crippen LogP contribution in [0.3, 0.4) is 0 Å². The van der Waals surface area contributed by atoms with Crippen molar-refractivity contribution in [3.8, 4) is 89.0 Å². The molecular weight excluding hydrogens is 1490 g/mol. The van der Waals surface area contributed by atoms with Gasteiger partial charge < -0.3 is 18.6 Å². The molecule has 4 heteroatoms. The van der Waals surface area contributed by atoms with Gasteiger partial charge in [0.1, 0.15) is 22.3 Å². The van der Waals surface area contributed by atoms with Crippen molar-refractivity contribution in [2.45, 2.75) is 5.41 Å². The van der Waals surface area contributed by atoms with Crippen molar-refractivity contribution < 1.29 is 8.83 Å². The highest BCUT2D eigenvalue weighted by atomic mass is 16.3. The van der Waals surface area contributed by atoms with Crippen LogP contribution < -0.4 is 9.80 Å². The van der Waals surface area contributed by atoms with E-state index in [2.05, 4.69) is 471 Å². The van der Waals surface area contributed by atoms with E-state index < -0.39 is 5.41 Å². The number of anilines is 6. The average Bonchev–Trinajstić information content (AvgIpc) is 1.58. The molecule has 0 spiro atoms. The first kappa shape index (κ1) is 71.0. The molecule has 24 rings (SSSR count). The number of furan rings is 2. The van der Waals surface area contributed by atoms with Crippen LogP contribution >= 0.6 is 0 Å². The van der Waals surface area contributed by atoms with Crippen LogP contribution in [-0.4, -0.2) is 0 Å². The smallest absolute Gasteiger partial charge is 0.143 e. The number of para-hydroxylation sites is 4. The first-order chi connectivity index (χ1) is 61.0. The topological polar surface area (TPSA) is 32.8 Å². The molecule has 4 nitrogen and oxygen atoms in total. The van der Waals surface area contributed by atoms with Gasteiger partial charge in [0.25, 0.3) is 0 Å². The normalized spacial score (nSPS) is 12.3. The van der Waals surface area contributed by atoms with Gasteiger partial charge in [0.2, 0.25) is 0 Å². The number of nitrogens with zero attached hydrogens (tertiary/aromatic N) is 2. The zero-order valence-electron chi connectivity index (χ0n) is 67.1. The lowest BCUT2D eigenvalue weighted by molar-refractivity contribution is 0.669. The van der Waals surface area contributed by atoms with E-state index >= 15 is 0 Å². The van der Waals surface area contributed by atoms with Crippen molar-refractivity contribution in [2.75, 3.05) is 9.80 Å². The number of hydrogen-bond acceptors (Lipinski definition) is 4. The van der Waals surface area contributed by atoms with Crippen LogP contribution in [0.4, 0.5) is 34.1 Å². The summed E-state index contributed by atoms with van der Waals surface area (Å²) in [7, 11) is 0. The summed E-state index contributed by atoms with van der Waals surface area (Å²) in [6.07, 6.45) is 0. The number of rotatable bonds is 15. The fraction of sp³-hybridized carbons (Fsp3) is 0.00840. The van der Waals surface area contributed by atoms with Gasteiger partial charge >= 0.3 is 0 Å². The minimum absolute atomic E-state index is 0.559.